The molecule has 0 unspecified atom stereocenters. The number of anilines is 2. The SMILES string of the molecule is CNc1nc(N2CCC(N(C)C)CC2)c2[nH]cnc2n1. The van der Waals surface area contributed by atoms with Gasteiger partial charge in [0.05, 0.1) is 6.33 Å². The molecule has 3 heterocycles. The molecular formula is C13H21N7. The van der Waals surface area contributed by atoms with E-state index in [1.807, 2.05) is 7.05 Å². The number of fused-ring (bicyclic) bond motifs is 1. The molecule has 0 aromatic carbocycles. The van der Waals surface area contributed by atoms with Crippen molar-refractivity contribution in [3.05, 3.63) is 6.33 Å². The lowest BCUT2D eigenvalue weighted by Gasteiger charge is -2.35. The number of piperidine rings is 1. The third kappa shape index (κ3) is 2.29. The Bertz CT molecular complexity index is 583. The zero-order valence-corrected chi connectivity index (χ0v) is 12.2. The van der Waals surface area contributed by atoms with Gasteiger partial charge in [-0.2, -0.15) is 9.97 Å². The maximum atomic E-state index is 4.60. The van der Waals surface area contributed by atoms with E-state index in [0.29, 0.717) is 17.6 Å². The van der Waals surface area contributed by atoms with E-state index in [4.69, 9.17) is 0 Å². The third-order valence-electron chi connectivity index (χ3n) is 3.98. The van der Waals surface area contributed by atoms with E-state index in [-0.39, 0.29) is 0 Å². The lowest BCUT2D eigenvalue weighted by atomic mass is 10.0. The molecule has 0 atom stereocenters. The molecule has 0 saturated carbocycles. The molecule has 0 aliphatic carbocycles. The number of hydrogen-bond acceptors (Lipinski definition) is 6. The molecule has 0 amide bonds. The van der Waals surface area contributed by atoms with Crippen LogP contribution in [0.1, 0.15) is 12.8 Å². The molecule has 2 N–H and O–H groups in total. The van der Waals surface area contributed by atoms with Crippen LogP contribution in [0.25, 0.3) is 11.2 Å². The minimum absolute atomic E-state index is 0.620. The van der Waals surface area contributed by atoms with Crippen LogP contribution in [0.4, 0.5) is 11.8 Å². The van der Waals surface area contributed by atoms with Gasteiger partial charge < -0.3 is 20.1 Å². The summed E-state index contributed by atoms with van der Waals surface area (Å²) in [7, 11) is 6.13. The predicted molar refractivity (Wildman–Crippen MR) is 80.2 cm³/mol. The zero-order chi connectivity index (χ0) is 14.1. The van der Waals surface area contributed by atoms with Crippen LogP contribution in [-0.2, 0) is 0 Å². The molecule has 0 spiro atoms. The Hall–Kier alpha value is -1.89. The van der Waals surface area contributed by atoms with Gasteiger partial charge in [-0.3, -0.25) is 0 Å². The lowest BCUT2D eigenvalue weighted by molar-refractivity contribution is 0.249. The maximum absolute atomic E-state index is 4.60. The number of nitrogens with zero attached hydrogens (tertiary/aromatic N) is 5. The summed E-state index contributed by atoms with van der Waals surface area (Å²) in [6, 6.07) is 0.661. The number of imidazole rings is 1. The number of aromatic amines is 1. The Labute approximate surface area is 118 Å². The van der Waals surface area contributed by atoms with Gasteiger partial charge in [-0.25, -0.2) is 4.98 Å². The van der Waals surface area contributed by atoms with E-state index in [0.717, 1.165) is 37.3 Å². The molecule has 0 radical (unpaired) electrons. The van der Waals surface area contributed by atoms with Gasteiger partial charge in [-0.1, -0.05) is 0 Å². The maximum Gasteiger partial charge on any atom is 0.226 e. The van der Waals surface area contributed by atoms with Gasteiger partial charge in [-0.15, -0.1) is 0 Å². The molecule has 1 fully saturated rings. The fourth-order valence-electron chi connectivity index (χ4n) is 2.75. The van der Waals surface area contributed by atoms with Crippen LogP contribution in [0.2, 0.25) is 0 Å². The van der Waals surface area contributed by atoms with Crippen molar-refractivity contribution in [2.24, 2.45) is 0 Å². The second kappa shape index (κ2) is 5.24. The summed E-state index contributed by atoms with van der Waals surface area (Å²) in [6.07, 6.45) is 3.98. The number of H-pyrrole nitrogens is 1. The fourth-order valence-corrected chi connectivity index (χ4v) is 2.75. The van der Waals surface area contributed by atoms with Crippen LogP contribution >= 0.6 is 0 Å². The molecule has 108 valence electrons. The van der Waals surface area contributed by atoms with Crippen LogP contribution in [0.15, 0.2) is 6.33 Å². The summed E-state index contributed by atoms with van der Waals surface area (Å²) in [6.45, 7) is 2.02. The summed E-state index contributed by atoms with van der Waals surface area (Å²) in [5.74, 6) is 1.57. The van der Waals surface area contributed by atoms with Crippen molar-refractivity contribution >= 4 is 22.9 Å². The van der Waals surface area contributed by atoms with Crippen LogP contribution in [0, 0.1) is 0 Å². The van der Waals surface area contributed by atoms with Crippen LogP contribution in [0.5, 0.6) is 0 Å². The van der Waals surface area contributed by atoms with Crippen LogP contribution in [0.3, 0.4) is 0 Å². The highest BCUT2D eigenvalue weighted by Gasteiger charge is 2.24. The van der Waals surface area contributed by atoms with Gasteiger partial charge >= 0.3 is 0 Å². The van der Waals surface area contributed by atoms with E-state index < -0.39 is 0 Å². The minimum Gasteiger partial charge on any atom is -0.357 e. The third-order valence-corrected chi connectivity index (χ3v) is 3.98. The summed E-state index contributed by atoms with van der Waals surface area (Å²) < 4.78 is 0. The molecule has 1 aliphatic rings. The predicted octanol–water partition coefficient (Wildman–Crippen LogP) is 0.925. The molecule has 3 rings (SSSR count). The van der Waals surface area contributed by atoms with Crippen molar-refractivity contribution in [1.29, 1.82) is 0 Å². The van der Waals surface area contributed by atoms with Crippen LogP contribution in [-0.4, -0.2) is 65.1 Å². The number of hydrogen-bond donors (Lipinski definition) is 2. The van der Waals surface area contributed by atoms with Crippen molar-refractivity contribution in [2.45, 2.75) is 18.9 Å². The fraction of sp³-hybridized carbons (Fsp3) is 0.615. The topological polar surface area (TPSA) is 73.0 Å². The summed E-state index contributed by atoms with van der Waals surface area (Å²) in [4.78, 5) is 21.0. The molecule has 2 aromatic rings. The highest BCUT2D eigenvalue weighted by atomic mass is 15.3. The Morgan fingerprint density at radius 1 is 1.30 bits per heavy atom. The molecular weight excluding hydrogens is 254 g/mol. The average molecular weight is 275 g/mol. The lowest BCUT2D eigenvalue weighted by Crippen LogP contribution is -2.42. The molecule has 1 saturated heterocycles. The smallest absolute Gasteiger partial charge is 0.226 e. The normalized spacial score (nSPS) is 17.1. The van der Waals surface area contributed by atoms with E-state index in [2.05, 4.69) is 49.1 Å². The first-order chi connectivity index (χ1) is 9.69. The monoisotopic (exact) mass is 275 g/mol. The number of rotatable bonds is 3. The van der Waals surface area contributed by atoms with Crippen LogP contribution < -0.4 is 10.2 Å². The Morgan fingerprint density at radius 2 is 2.05 bits per heavy atom. The first kappa shape index (κ1) is 13.1. The van der Waals surface area contributed by atoms with Gasteiger partial charge in [-0.05, 0) is 26.9 Å². The van der Waals surface area contributed by atoms with Gasteiger partial charge in [0.2, 0.25) is 5.95 Å². The van der Waals surface area contributed by atoms with Crippen molar-refractivity contribution < 1.29 is 0 Å². The Kier molecular flexibility index (Phi) is 3.43. The molecule has 20 heavy (non-hydrogen) atoms. The molecule has 7 heteroatoms. The van der Waals surface area contributed by atoms with E-state index in [9.17, 15) is 0 Å². The highest BCUT2D eigenvalue weighted by molar-refractivity contribution is 5.84. The molecule has 0 bridgehead atoms. The van der Waals surface area contributed by atoms with E-state index >= 15 is 0 Å². The Morgan fingerprint density at radius 3 is 2.70 bits per heavy atom. The number of nitrogens with one attached hydrogen (secondary N) is 2. The first-order valence-corrected chi connectivity index (χ1v) is 6.99. The molecule has 1 aliphatic heterocycles. The standard InChI is InChI=1S/C13H21N7/c1-14-13-17-11-10(15-8-16-11)12(18-13)20-6-4-9(5-7-20)19(2)3/h8-9H,4-7H2,1-3H3,(H2,14,15,16,17,18). The van der Waals surface area contributed by atoms with Crippen molar-refractivity contribution in [2.75, 3.05) is 44.4 Å². The molecule has 2 aromatic heterocycles. The second-order valence-electron chi connectivity index (χ2n) is 5.40. The van der Waals surface area contributed by atoms with Crippen molar-refractivity contribution in [3.63, 3.8) is 0 Å². The van der Waals surface area contributed by atoms with E-state index in [1.54, 1.807) is 6.33 Å². The van der Waals surface area contributed by atoms with Gasteiger partial charge in [0.15, 0.2) is 11.5 Å². The van der Waals surface area contributed by atoms with Crippen molar-refractivity contribution in [1.82, 2.24) is 24.8 Å². The van der Waals surface area contributed by atoms with Crippen molar-refractivity contribution in [3.8, 4) is 0 Å². The highest BCUT2D eigenvalue weighted by Crippen LogP contribution is 2.26. The van der Waals surface area contributed by atoms with E-state index in [1.165, 1.54) is 0 Å². The molecule has 7 nitrogen and oxygen atoms in total. The van der Waals surface area contributed by atoms with Gasteiger partial charge in [0.1, 0.15) is 5.52 Å². The van der Waals surface area contributed by atoms with Gasteiger partial charge in [0.25, 0.3) is 0 Å². The first-order valence-electron chi connectivity index (χ1n) is 6.99. The average Bonchev–Trinajstić information content (AvgIpc) is 2.94. The quantitative estimate of drug-likeness (QED) is 0.868. The second-order valence-corrected chi connectivity index (χ2v) is 5.40. The summed E-state index contributed by atoms with van der Waals surface area (Å²) in [5.41, 5.74) is 1.64. The number of aromatic nitrogens is 4. The largest absolute Gasteiger partial charge is 0.357 e. The summed E-state index contributed by atoms with van der Waals surface area (Å²) in [5, 5.41) is 3.00. The Balaban J connectivity index is 1.88. The zero-order valence-electron chi connectivity index (χ0n) is 12.2. The minimum atomic E-state index is 0.620. The summed E-state index contributed by atoms with van der Waals surface area (Å²) >= 11 is 0. The van der Waals surface area contributed by atoms with Gasteiger partial charge in [0, 0.05) is 26.2 Å².